The standard InChI is InChI=1S/C20H19N3O3/c1-13(14-8-9-18(24)19(10-14)26-3)20(25)22-17-7-5-4-6-16(17)15-11-21-23(2)12-15/h4-12,24H,1H2,2-3H3,(H,22,25). The Balaban J connectivity index is 1.86. The Morgan fingerprint density at radius 2 is 2.04 bits per heavy atom. The van der Waals surface area contributed by atoms with E-state index in [2.05, 4.69) is 17.0 Å². The van der Waals surface area contributed by atoms with Crippen LogP contribution < -0.4 is 10.1 Å². The van der Waals surface area contributed by atoms with E-state index < -0.39 is 0 Å². The van der Waals surface area contributed by atoms with Crippen LogP contribution in [0.2, 0.25) is 0 Å². The Morgan fingerprint density at radius 3 is 2.73 bits per heavy atom. The molecule has 132 valence electrons. The van der Waals surface area contributed by atoms with Gasteiger partial charge in [-0.1, -0.05) is 30.8 Å². The fourth-order valence-electron chi connectivity index (χ4n) is 2.60. The summed E-state index contributed by atoms with van der Waals surface area (Å²) in [6.07, 6.45) is 3.62. The average molecular weight is 349 g/mol. The molecule has 1 amide bonds. The molecule has 0 saturated heterocycles. The lowest BCUT2D eigenvalue weighted by atomic mass is 10.0. The molecule has 0 aliphatic carbocycles. The average Bonchev–Trinajstić information content (AvgIpc) is 3.08. The molecule has 2 aromatic carbocycles. The van der Waals surface area contributed by atoms with Gasteiger partial charge in [0.05, 0.1) is 13.3 Å². The van der Waals surface area contributed by atoms with Gasteiger partial charge in [-0.15, -0.1) is 0 Å². The van der Waals surface area contributed by atoms with E-state index in [1.54, 1.807) is 23.0 Å². The number of hydrogen-bond donors (Lipinski definition) is 2. The van der Waals surface area contributed by atoms with E-state index in [0.717, 1.165) is 11.1 Å². The minimum absolute atomic E-state index is 0.00591. The van der Waals surface area contributed by atoms with Crippen LogP contribution in [0.15, 0.2) is 61.4 Å². The second-order valence-corrected chi connectivity index (χ2v) is 5.77. The Kier molecular flexibility index (Phi) is 4.75. The van der Waals surface area contributed by atoms with Gasteiger partial charge in [0.1, 0.15) is 0 Å². The van der Waals surface area contributed by atoms with Gasteiger partial charge in [0.25, 0.3) is 5.91 Å². The van der Waals surface area contributed by atoms with Gasteiger partial charge in [-0.05, 0) is 23.8 Å². The molecule has 1 heterocycles. The molecule has 0 fully saturated rings. The molecule has 0 radical (unpaired) electrons. The van der Waals surface area contributed by atoms with Crippen molar-refractivity contribution in [2.75, 3.05) is 12.4 Å². The fourth-order valence-corrected chi connectivity index (χ4v) is 2.60. The van der Waals surface area contributed by atoms with E-state index in [-0.39, 0.29) is 23.0 Å². The molecule has 0 aliphatic heterocycles. The summed E-state index contributed by atoms with van der Waals surface area (Å²) in [6, 6.07) is 12.1. The molecule has 6 nitrogen and oxygen atoms in total. The van der Waals surface area contributed by atoms with Gasteiger partial charge in [-0.25, -0.2) is 0 Å². The van der Waals surface area contributed by atoms with Crippen LogP contribution in [0.25, 0.3) is 16.7 Å². The van der Waals surface area contributed by atoms with Crippen molar-refractivity contribution in [3.63, 3.8) is 0 Å². The number of aromatic nitrogens is 2. The lowest BCUT2D eigenvalue weighted by molar-refractivity contribution is -0.111. The van der Waals surface area contributed by atoms with Crippen molar-refractivity contribution < 1.29 is 14.6 Å². The minimum atomic E-state index is -0.339. The van der Waals surface area contributed by atoms with E-state index in [9.17, 15) is 9.90 Å². The van der Waals surface area contributed by atoms with Gasteiger partial charge in [0.2, 0.25) is 0 Å². The van der Waals surface area contributed by atoms with Crippen molar-refractivity contribution in [2.24, 2.45) is 7.05 Å². The number of nitrogens with one attached hydrogen (secondary N) is 1. The Hall–Kier alpha value is -3.54. The summed E-state index contributed by atoms with van der Waals surface area (Å²) < 4.78 is 6.78. The summed E-state index contributed by atoms with van der Waals surface area (Å²) in [6.45, 7) is 3.87. The van der Waals surface area contributed by atoms with Crippen LogP contribution in [0, 0.1) is 0 Å². The topological polar surface area (TPSA) is 76.4 Å². The first kappa shape index (κ1) is 17.3. The molecular formula is C20H19N3O3. The molecule has 0 spiro atoms. The zero-order valence-electron chi connectivity index (χ0n) is 14.6. The SMILES string of the molecule is C=C(C(=O)Nc1ccccc1-c1cnn(C)c1)c1ccc(O)c(OC)c1. The second kappa shape index (κ2) is 7.14. The monoisotopic (exact) mass is 349 g/mol. The van der Waals surface area contributed by atoms with Crippen LogP contribution >= 0.6 is 0 Å². The van der Waals surface area contributed by atoms with Crippen molar-refractivity contribution in [2.45, 2.75) is 0 Å². The van der Waals surface area contributed by atoms with Crippen molar-refractivity contribution >= 4 is 17.2 Å². The first-order chi connectivity index (χ1) is 12.5. The highest BCUT2D eigenvalue weighted by atomic mass is 16.5. The van der Waals surface area contributed by atoms with Crippen LogP contribution in [0.3, 0.4) is 0 Å². The summed E-state index contributed by atoms with van der Waals surface area (Å²) in [5.74, 6) is -0.0484. The van der Waals surface area contributed by atoms with E-state index in [1.165, 1.54) is 13.2 Å². The first-order valence-corrected chi connectivity index (χ1v) is 7.95. The number of phenols is 1. The second-order valence-electron chi connectivity index (χ2n) is 5.77. The molecule has 3 aromatic rings. The highest BCUT2D eigenvalue weighted by molar-refractivity contribution is 6.25. The number of aryl methyl sites for hydroxylation is 1. The van der Waals surface area contributed by atoms with E-state index in [1.807, 2.05) is 37.5 Å². The van der Waals surface area contributed by atoms with Crippen LogP contribution in [0.1, 0.15) is 5.56 Å². The number of ether oxygens (including phenoxy) is 1. The van der Waals surface area contributed by atoms with Crippen molar-refractivity contribution in [1.82, 2.24) is 9.78 Å². The first-order valence-electron chi connectivity index (χ1n) is 7.95. The number of phenolic OH excluding ortho intramolecular Hbond substituents is 1. The van der Waals surface area contributed by atoms with Gasteiger partial charge in [-0.2, -0.15) is 5.10 Å². The number of carbonyl (C=O) groups excluding carboxylic acids is 1. The molecule has 2 N–H and O–H groups in total. The quantitative estimate of drug-likeness (QED) is 0.692. The molecule has 1 aromatic heterocycles. The van der Waals surface area contributed by atoms with E-state index in [0.29, 0.717) is 11.3 Å². The molecule has 0 aliphatic rings. The maximum atomic E-state index is 12.7. The minimum Gasteiger partial charge on any atom is -0.504 e. The van der Waals surface area contributed by atoms with Gasteiger partial charge in [-0.3, -0.25) is 9.48 Å². The Morgan fingerprint density at radius 1 is 1.27 bits per heavy atom. The highest BCUT2D eigenvalue weighted by Crippen LogP contribution is 2.31. The molecule has 0 unspecified atom stereocenters. The molecular weight excluding hydrogens is 330 g/mol. The number of amides is 1. The number of aromatic hydroxyl groups is 1. The van der Waals surface area contributed by atoms with Crippen LogP contribution in [0.5, 0.6) is 11.5 Å². The normalized spacial score (nSPS) is 10.4. The van der Waals surface area contributed by atoms with Crippen LogP contribution in [-0.4, -0.2) is 27.9 Å². The molecule has 6 heteroatoms. The molecule has 26 heavy (non-hydrogen) atoms. The Labute approximate surface area is 151 Å². The predicted octanol–water partition coefficient (Wildman–Crippen LogP) is 3.45. The van der Waals surface area contributed by atoms with E-state index >= 15 is 0 Å². The Bertz CT molecular complexity index is 976. The number of para-hydroxylation sites is 1. The number of nitrogens with zero attached hydrogens (tertiary/aromatic N) is 2. The highest BCUT2D eigenvalue weighted by Gasteiger charge is 2.15. The number of benzene rings is 2. The molecule has 0 atom stereocenters. The van der Waals surface area contributed by atoms with Crippen molar-refractivity contribution in [3.8, 4) is 22.6 Å². The molecule has 0 saturated carbocycles. The van der Waals surface area contributed by atoms with Gasteiger partial charge in [0.15, 0.2) is 11.5 Å². The van der Waals surface area contributed by atoms with Crippen molar-refractivity contribution in [1.29, 1.82) is 0 Å². The zero-order chi connectivity index (χ0) is 18.7. The third-order valence-electron chi connectivity index (χ3n) is 3.99. The summed E-state index contributed by atoms with van der Waals surface area (Å²) in [5.41, 5.74) is 3.27. The van der Waals surface area contributed by atoms with Crippen molar-refractivity contribution in [3.05, 3.63) is 67.0 Å². The number of anilines is 1. The lowest BCUT2D eigenvalue weighted by Crippen LogP contribution is -2.13. The number of methoxy groups -OCH3 is 1. The summed E-state index contributed by atoms with van der Waals surface area (Å²) in [7, 11) is 3.29. The van der Waals surface area contributed by atoms with Crippen LogP contribution in [-0.2, 0) is 11.8 Å². The largest absolute Gasteiger partial charge is 0.504 e. The third kappa shape index (κ3) is 3.44. The maximum Gasteiger partial charge on any atom is 0.255 e. The third-order valence-corrected chi connectivity index (χ3v) is 3.99. The number of carbonyl (C=O) groups is 1. The van der Waals surface area contributed by atoms with Gasteiger partial charge >= 0.3 is 0 Å². The summed E-state index contributed by atoms with van der Waals surface area (Å²) in [4.78, 5) is 12.7. The molecule has 3 rings (SSSR count). The van der Waals surface area contributed by atoms with Gasteiger partial charge < -0.3 is 15.2 Å². The summed E-state index contributed by atoms with van der Waals surface area (Å²) >= 11 is 0. The fraction of sp³-hybridized carbons (Fsp3) is 0.100. The van der Waals surface area contributed by atoms with Crippen LogP contribution in [0.4, 0.5) is 5.69 Å². The predicted molar refractivity (Wildman–Crippen MR) is 101 cm³/mol. The number of hydrogen-bond acceptors (Lipinski definition) is 4. The summed E-state index contributed by atoms with van der Waals surface area (Å²) in [5, 5.41) is 16.8. The number of rotatable bonds is 5. The smallest absolute Gasteiger partial charge is 0.255 e. The van der Waals surface area contributed by atoms with Gasteiger partial charge in [0, 0.05) is 35.6 Å². The zero-order valence-corrected chi connectivity index (χ0v) is 14.6. The maximum absolute atomic E-state index is 12.7. The van der Waals surface area contributed by atoms with E-state index in [4.69, 9.17) is 4.74 Å². The molecule has 0 bridgehead atoms. The lowest BCUT2D eigenvalue weighted by Gasteiger charge is -2.12.